The van der Waals surface area contributed by atoms with Gasteiger partial charge in [0.1, 0.15) is 0 Å². The number of hydrogen-bond donors (Lipinski definition) is 1. The van der Waals surface area contributed by atoms with Crippen LogP contribution in [0.3, 0.4) is 0 Å². The number of nitrogens with one attached hydrogen (secondary N) is 1. The molecule has 0 spiro atoms. The van der Waals surface area contributed by atoms with Crippen molar-refractivity contribution in [1.29, 1.82) is 0 Å². The summed E-state index contributed by atoms with van der Waals surface area (Å²) in [6.07, 6.45) is 0. The third kappa shape index (κ3) is 5.25. The van der Waals surface area contributed by atoms with E-state index in [9.17, 15) is 4.79 Å². The molecule has 106 valence electrons. The molecule has 0 saturated heterocycles. The van der Waals surface area contributed by atoms with E-state index < -0.39 is 0 Å². The van der Waals surface area contributed by atoms with E-state index in [0.29, 0.717) is 11.7 Å². The maximum atomic E-state index is 11.1. The zero-order valence-corrected chi connectivity index (χ0v) is 12.9. The van der Waals surface area contributed by atoms with Crippen LogP contribution in [0.1, 0.15) is 36.9 Å². The second-order valence-corrected chi connectivity index (χ2v) is 5.78. The highest BCUT2D eigenvalue weighted by atomic mass is 32.2. The Morgan fingerprint density at radius 3 is 2.32 bits per heavy atom. The van der Waals surface area contributed by atoms with Crippen LogP contribution in [0.15, 0.2) is 24.3 Å². The lowest BCUT2D eigenvalue weighted by Crippen LogP contribution is -2.19. The monoisotopic (exact) mass is 281 g/mol. The molecule has 1 aromatic carbocycles. The van der Waals surface area contributed by atoms with Crippen LogP contribution in [0.5, 0.6) is 0 Å². The van der Waals surface area contributed by atoms with Crippen molar-refractivity contribution >= 4 is 17.7 Å². The minimum atomic E-state index is -0.171. The largest absolute Gasteiger partial charge is 0.468 e. The van der Waals surface area contributed by atoms with Gasteiger partial charge in [-0.15, -0.1) is 11.8 Å². The number of methoxy groups -OCH3 is 1. The first-order chi connectivity index (χ1) is 9.08. The van der Waals surface area contributed by atoms with E-state index >= 15 is 0 Å². The third-order valence-corrected chi connectivity index (χ3v) is 4.09. The van der Waals surface area contributed by atoms with E-state index in [-0.39, 0.29) is 12.0 Å². The summed E-state index contributed by atoms with van der Waals surface area (Å²) < 4.78 is 4.63. The van der Waals surface area contributed by atoms with Crippen LogP contribution in [0.2, 0.25) is 0 Å². The fraction of sp³-hybridized carbons (Fsp3) is 0.533. The first-order valence-electron chi connectivity index (χ1n) is 6.50. The molecular weight excluding hydrogens is 258 g/mol. The van der Waals surface area contributed by atoms with Crippen LogP contribution in [-0.2, 0) is 9.53 Å². The van der Waals surface area contributed by atoms with Crippen LogP contribution in [0, 0.1) is 0 Å². The van der Waals surface area contributed by atoms with Gasteiger partial charge in [0.25, 0.3) is 0 Å². The minimum Gasteiger partial charge on any atom is -0.468 e. The van der Waals surface area contributed by atoms with E-state index in [0.717, 1.165) is 5.75 Å². The van der Waals surface area contributed by atoms with Crippen molar-refractivity contribution in [2.75, 3.05) is 25.7 Å². The number of rotatable bonds is 7. The number of esters is 1. The molecule has 1 unspecified atom stereocenters. The average molecular weight is 281 g/mol. The molecule has 0 aromatic heterocycles. The highest BCUT2D eigenvalue weighted by Crippen LogP contribution is 2.21. The van der Waals surface area contributed by atoms with Gasteiger partial charge in [-0.25, -0.2) is 0 Å². The second-order valence-electron chi connectivity index (χ2n) is 4.75. The predicted octanol–water partition coefficient (Wildman–Crippen LogP) is 2.98. The SMILES string of the molecule is CNC(CSCC(=O)OC)c1ccc(C(C)C)cc1. The Labute approximate surface area is 120 Å². The van der Waals surface area contributed by atoms with Gasteiger partial charge in [-0.1, -0.05) is 38.1 Å². The van der Waals surface area contributed by atoms with Crippen molar-refractivity contribution in [1.82, 2.24) is 5.32 Å². The van der Waals surface area contributed by atoms with Crippen molar-refractivity contribution < 1.29 is 9.53 Å². The molecule has 0 aliphatic carbocycles. The molecule has 1 rings (SSSR count). The normalized spacial score (nSPS) is 12.5. The summed E-state index contributed by atoms with van der Waals surface area (Å²) in [4.78, 5) is 11.1. The molecule has 1 N–H and O–H groups in total. The molecule has 1 atom stereocenters. The Kier molecular flexibility index (Phi) is 6.95. The Morgan fingerprint density at radius 2 is 1.84 bits per heavy atom. The Bertz CT molecular complexity index is 390. The van der Waals surface area contributed by atoms with Gasteiger partial charge in [0.05, 0.1) is 12.9 Å². The first-order valence-corrected chi connectivity index (χ1v) is 7.65. The van der Waals surface area contributed by atoms with E-state index in [4.69, 9.17) is 0 Å². The van der Waals surface area contributed by atoms with Gasteiger partial charge in [-0.05, 0) is 24.1 Å². The number of benzene rings is 1. The highest BCUT2D eigenvalue weighted by molar-refractivity contribution is 7.99. The van der Waals surface area contributed by atoms with Gasteiger partial charge >= 0.3 is 5.97 Å². The summed E-state index contributed by atoms with van der Waals surface area (Å²) in [7, 11) is 3.36. The number of carbonyl (C=O) groups is 1. The molecular formula is C15H23NO2S. The summed E-state index contributed by atoms with van der Waals surface area (Å²) in [6.45, 7) is 4.38. The number of carbonyl (C=O) groups excluding carboxylic acids is 1. The van der Waals surface area contributed by atoms with Crippen LogP contribution in [0.4, 0.5) is 0 Å². The molecule has 0 aliphatic rings. The zero-order valence-electron chi connectivity index (χ0n) is 12.1. The number of ether oxygens (including phenoxy) is 1. The van der Waals surface area contributed by atoms with Crippen molar-refractivity contribution in [3.8, 4) is 0 Å². The summed E-state index contributed by atoms with van der Waals surface area (Å²) in [5.74, 6) is 1.64. The van der Waals surface area contributed by atoms with E-state index in [1.807, 2.05) is 7.05 Å². The Balaban J connectivity index is 2.56. The lowest BCUT2D eigenvalue weighted by Gasteiger charge is -2.17. The van der Waals surface area contributed by atoms with Gasteiger partial charge in [0.15, 0.2) is 0 Å². The standard InChI is InChI=1S/C15H23NO2S/c1-11(2)12-5-7-13(8-6-12)14(16-3)9-19-10-15(17)18-4/h5-8,11,14,16H,9-10H2,1-4H3. The fourth-order valence-corrected chi connectivity index (χ4v) is 2.78. The number of hydrogen-bond acceptors (Lipinski definition) is 4. The molecule has 0 fully saturated rings. The average Bonchev–Trinajstić information content (AvgIpc) is 2.43. The van der Waals surface area contributed by atoms with Crippen LogP contribution >= 0.6 is 11.8 Å². The van der Waals surface area contributed by atoms with Crippen molar-refractivity contribution in [2.45, 2.75) is 25.8 Å². The van der Waals surface area contributed by atoms with Crippen molar-refractivity contribution in [2.24, 2.45) is 0 Å². The van der Waals surface area contributed by atoms with Crippen molar-refractivity contribution in [3.05, 3.63) is 35.4 Å². The van der Waals surface area contributed by atoms with Crippen LogP contribution < -0.4 is 5.32 Å². The molecule has 1 aromatic rings. The quantitative estimate of drug-likeness (QED) is 0.780. The van der Waals surface area contributed by atoms with E-state index in [1.165, 1.54) is 18.2 Å². The zero-order chi connectivity index (χ0) is 14.3. The van der Waals surface area contributed by atoms with Gasteiger partial charge in [0, 0.05) is 11.8 Å². The Hall–Kier alpha value is -1.00. The molecule has 19 heavy (non-hydrogen) atoms. The fourth-order valence-electron chi connectivity index (χ4n) is 1.78. The summed E-state index contributed by atoms with van der Waals surface area (Å²) >= 11 is 1.59. The molecule has 0 bridgehead atoms. The third-order valence-electron chi connectivity index (χ3n) is 3.09. The van der Waals surface area contributed by atoms with Crippen LogP contribution in [0.25, 0.3) is 0 Å². The molecule has 3 nitrogen and oxygen atoms in total. The van der Waals surface area contributed by atoms with Gasteiger partial charge in [-0.3, -0.25) is 4.79 Å². The summed E-state index contributed by atoms with van der Waals surface area (Å²) in [6, 6.07) is 8.94. The molecule has 0 amide bonds. The minimum absolute atomic E-state index is 0.171. The maximum Gasteiger partial charge on any atom is 0.315 e. The highest BCUT2D eigenvalue weighted by Gasteiger charge is 2.11. The lowest BCUT2D eigenvalue weighted by molar-refractivity contribution is -0.137. The van der Waals surface area contributed by atoms with Gasteiger partial charge in [0.2, 0.25) is 0 Å². The summed E-state index contributed by atoms with van der Waals surface area (Å²) in [5.41, 5.74) is 2.60. The lowest BCUT2D eigenvalue weighted by atomic mass is 10.00. The smallest absolute Gasteiger partial charge is 0.315 e. The maximum absolute atomic E-state index is 11.1. The van der Waals surface area contributed by atoms with E-state index in [2.05, 4.69) is 48.2 Å². The first kappa shape index (κ1) is 16.1. The predicted molar refractivity (Wildman–Crippen MR) is 81.7 cm³/mol. The topological polar surface area (TPSA) is 38.3 Å². The second kappa shape index (κ2) is 8.23. The molecule has 0 aliphatic heterocycles. The van der Waals surface area contributed by atoms with E-state index in [1.54, 1.807) is 11.8 Å². The van der Waals surface area contributed by atoms with Gasteiger partial charge in [-0.2, -0.15) is 0 Å². The molecule has 0 saturated carbocycles. The molecule has 4 heteroatoms. The Morgan fingerprint density at radius 1 is 1.26 bits per heavy atom. The summed E-state index contributed by atoms with van der Waals surface area (Å²) in [5, 5.41) is 3.29. The van der Waals surface area contributed by atoms with Gasteiger partial charge < -0.3 is 10.1 Å². The molecule has 0 heterocycles. The molecule has 0 radical (unpaired) electrons. The van der Waals surface area contributed by atoms with Crippen LogP contribution in [-0.4, -0.2) is 31.6 Å². The number of thioether (sulfide) groups is 1. The van der Waals surface area contributed by atoms with Crippen molar-refractivity contribution in [3.63, 3.8) is 0 Å².